The topological polar surface area (TPSA) is 128 Å². The fourth-order valence-corrected chi connectivity index (χ4v) is 3.73. The monoisotopic (exact) mass is 408 g/mol. The molecule has 0 spiro atoms. The van der Waals surface area contributed by atoms with Gasteiger partial charge < -0.3 is 20.5 Å². The van der Waals surface area contributed by atoms with E-state index in [1.54, 1.807) is 18.5 Å². The molecule has 0 fully saturated rings. The Morgan fingerprint density at radius 2 is 2.07 bits per heavy atom. The van der Waals surface area contributed by atoms with Gasteiger partial charge in [0.05, 0.1) is 24.4 Å². The highest BCUT2D eigenvalue weighted by molar-refractivity contribution is 6.34. The molecule has 5 N–H and O–H groups in total. The van der Waals surface area contributed by atoms with Gasteiger partial charge in [0.2, 0.25) is 0 Å². The second-order valence-corrected chi connectivity index (χ2v) is 7.35. The second-order valence-electron chi connectivity index (χ2n) is 7.35. The second kappa shape index (κ2) is 8.23. The minimum atomic E-state index is -0.969. The van der Waals surface area contributed by atoms with Crippen LogP contribution in [-0.2, 0) is 11.3 Å². The summed E-state index contributed by atoms with van der Waals surface area (Å²) in [4.78, 5) is 15.6. The number of aryl methyl sites for hydroxylation is 1. The Morgan fingerprint density at radius 1 is 1.27 bits per heavy atom. The van der Waals surface area contributed by atoms with Gasteiger partial charge in [0.1, 0.15) is 6.23 Å². The number of H-pyrrole nitrogens is 1. The van der Waals surface area contributed by atoms with Crippen molar-refractivity contribution in [3.05, 3.63) is 64.7 Å². The van der Waals surface area contributed by atoms with Crippen LogP contribution in [0.3, 0.4) is 0 Å². The first-order chi connectivity index (χ1) is 14.4. The van der Waals surface area contributed by atoms with Crippen molar-refractivity contribution in [3.63, 3.8) is 0 Å². The molecule has 9 heteroatoms. The van der Waals surface area contributed by atoms with Crippen LogP contribution < -0.4 is 10.6 Å². The predicted molar refractivity (Wildman–Crippen MR) is 112 cm³/mol. The summed E-state index contributed by atoms with van der Waals surface area (Å²) in [6, 6.07) is 7.54. The highest BCUT2D eigenvalue weighted by Gasteiger charge is 2.25. The van der Waals surface area contributed by atoms with Crippen molar-refractivity contribution in [1.29, 1.82) is 0 Å². The van der Waals surface area contributed by atoms with Gasteiger partial charge in [-0.2, -0.15) is 0 Å². The lowest BCUT2D eigenvalue weighted by Crippen LogP contribution is -2.33. The number of aromatic amines is 1. The lowest BCUT2D eigenvalue weighted by Gasteiger charge is -2.17. The third-order valence-electron chi connectivity index (χ3n) is 5.22. The highest BCUT2D eigenvalue weighted by Crippen LogP contribution is 2.34. The quantitative estimate of drug-likeness (QED) is 0.297. The Hall–Kier alpha value is -3.27. The number of para-hydroxylation sites is 1. The molecule has 3 aromatic rings. The minimum absolute atomic E-state index is 0.153. The molecule has 3 heterocycles. The first-order valence-corrected chi connectivity index (χ1v) is 9.69. The Morgan fingerprint density at radius 3 is 2.83 bits per heavy atom. The zero-order valence-corrected chi connectivity index (χ0v) is 16.8. The van der Waals surface area contributed by atoms with Crippen LogP contribution in [0.1, 0.15) is 34.3 Å². The third-order valence-corrected chi connectivity index (χ3v) is 5.22. The molecule has 156 valence electrons. The third kappa shape index (κ3) is 3.90. The van der Waals surface area contributed by atoms with Crippen LogP contribution in [0, 0.1) is 13.8 Å². The van der Waals surface area contributed by atoms with Gasteiger partial charge in [-0.15, -0.1) is 5.10 Å². The molecule has 9 nitrogen and oxygen atoms in total. The lowest BCUT2D eigenvalue weighted by molar-refractivity contribution is -0.110. The zero-order valence-electron chi connectivity index (χ0n) is 16.8. The summed E-state index contributed by atoms with van der Waals surface area (Å²) in [5, 5.41) is 34.1. The number of aliphatic hydroxyl groups is 2. The van der Waals surface area contributed by atoms with Crippen molar-refractivity contribution >= 4 is 23.2 Å². The first kappa shape index (κ1) is 20.0. The molecule has 1 aromatic carbocycles. The van der Waals surface area contributed by atoms with Crippen LogP contribution in [-0.4, -0.2) is 48.7 Å². The average molecular weight is 408 g/mol. The van der Waals surface area contributed by atoms with Gasteiger partial charge in [-0.25, -0.2) is 4.68 Å². The molecular formula is C21H24N6O3. The summed E-state index contributed by atoms with van der Waals surface area (Å²) in [7, 11) is 0. The molecule has 1 aliphatic rings. The van der Waals surface area contributed by atoms with E-state index < -0.39 is 12.3 Å². The number of carbonyl (C=O) groups is 1. The van der Waals surface area contributed by atoms with Crippen LogP contribution in [0.4, 0.5) is 5.69 Å². The Labute approximate surface area is 173 Å². The Kier molecular flexibility index (Phi) is 5.49. The summed E-state index contributed by atoms with van der Waals surface area (Å²) >= 11 is 0. The predicted octanol–water partition coefficient (Wildman–Crippen LogP) is 1.36. The molecule has 0 aliphatic carbocycles. The fraction of sp³-hybridized carbons (Fsp3) is 0.286. The molecule has 2 unspecified atom stereocenters. The molecule has 0 radical (unpaired) electrons. The normalized spacial score (nSPS) is 16.5. The van der Waals surface area contributed by atoms with Crippen LogP contribution in [0.15, 0.2) is 36.7 Å². The van der Waals surface area contributed by atoms with Gasteiger partial charge in [0.15, 0.2) is 0 Å². The maximum absolute atomic E-state index is 12.4. The number of fused-ring (bicyclic) bond motifs is 1. The van der Waals surface area contributed by atoms with Gasteiger partial charge in [-0.3, -0.25) is 10.1 Å². The number of nitrogens with zero attached hydrogens (tertiary/aromatic N) is 3. The van der Waals surface area contributed by atoms with E-state index in [0.29, 0.717) is 11.1 Å². The van der Waals surface area contributed by atoms with E-state index in [1.807, 2.05) is 38.1 Å². The maximum atomic E-state index is 12.4. The maximum Gasteiger partial charge on any atom is 0.256 e. The molecule has 4 rings (SSSR count). The molecule has 0 saturated heterocycles. The van der Waals surface area contributed by atoms with E-state index in [2.05, 4.69) is 25.9 Å². The minimum Gasteiger partial charge on any atom is -0.390 e. The summed E-state index contributed by atoms with van der Waals surface area (Å²) in [5.74, 6) is -0.153. The number of anilines is 1. The van der Waals surface area contributed by atoms with Crippen LogP contribution in [0.2, 0.25) is 0 Å². The number of amides is 1. The fourth-order valence-electron chi connectivity index (χ4n) is 3.73. The summed E-state index contributed by atoms with van der Waals surface area (Å²) < 4.78 is 1.53. The molecule has 30 heavy (non-hydrogen) atoms. The number of hydrogen-bond acceptors (Lipinski definition) is 6. The molecule has 0 bridgehead atoms. The van der Waals surface area contributed by atoms with Crippen molar-refractivity contribution in [3.8, 4) is 0 Å². The number of benzene rings is 1. The average Bonchev–Trinajstić information content (AvgIpc) is 3.40. The van der Waals surface area contributed by atoms with Gasteiger partial charge >= 0.3 is 0 Å². The van der Waals surface area contributed by atoms with E-state index in [-0.39, 0.29) is 19.0 Å². The Bertz CT molecular complexity index is 1090. The van der Waals surface area contributed by atoms with Gasteiger partial charge in [-0.05, 0) is 31.6 Å². The van der Waals surface area contributed by atoms with Gasteiger partial charge in [-0.1, -0.05) is 23.4 Å². The zero-order chi connectivity index (χ0) is 21.3. The van der Waals surface area contributed by atoms with Crippen molar-refractivity contribution in [2.75, 3.05) is 11.9 Å². The number of aromatic nitrogens is 4. The summed E-state index contributed by atoms with van der Waals surface area (Å²) in [6.07, 6.45) is 3.31. The standard InChI is InChI=1S/C21H24N6O3/c1-12-18(9-16-15-5-3-4-6-17(15)25-20(16)29)24-13(2)19(12)21(30)22-10-14(28)11-27-8-7-23-26-27/h3-9,14,21-22,24,28,30H,10-11H2,1-2H3,(H,25,29)/b16-9-. The molecule has 0 saturated carbocycles. The first-order valence-electron chi connectivity index (χ1n) is 9.69. The number of carbonyl (C=O) groups excluding carboxylic acids is 1. The number of aliphatic hydroxyl groups excluding tert-OH is 2. The molecule has 2 atom stereocenters. The van der Waals surface area contributed by atoms with E-state index in [0.717, 1.165) is 28.2 Å². The van der Waals surface area contributed by atoms with Crippen LogP contribution in [0.25, 0.3) is 11.6 Å². The van der Waals surface area contributed by atoms with E-state index in [1.165, 1.54) is 4.68 Å². The number of hydrogen-bond donors (Lipinski definition) is 5. The summed E-state index contributed by atoms with van der Waals surface area (Å²) in [6.45, 7) is 4.21. The van der Waals surface area contributed by atoms with Gasteiger partial charge in [0.25, 0.3) is 5.91 Å². The molecule has 2 aromatic heterocycles. The van der Waals surface area contributed by atoms with Crippen molar-refractivity contribution in [2.45, 2.75) is 32.7 Å². The molecule has 1 aliphatic heterocycles. The van der Waals surface area contributed by atoms with Crippen molar-refractivity contribution in [2.24, 2.45) is 0 Å². The van der Waals surface area contributed by atoms with Crippen LogP contribution in [0.5, 0.6) is 0 Å². The number of nitrogens with one attached hydrogen (secondary N) is 3. The summed E-state index contributed by atoms with van der Waals surface area (Å²) in [5.41, 5.74) is 5.30. The molecular weight excluding hydrogens is 384 g/mol. The Balaban J connectivity index is 1.50. The van der Waals surface area contributed by atoms with Crippen molar-refractivity contribution in [1.82, 2.24) is 25.3 Å². The van der Waals surface area contributed by atoms with Crippen molar-refractivity contribution < 1.29 is 15.0 Å². The highest BCUT2D eigenvalue weighted by atomic mass is 16.3. The lowest BCUT2D eigenvalue weighted by atomic mass is 10.0. The largest absolute Gasteiger partial charge is 0.390 e. The molecule has 1 amide bonds. The van der Waals surface area contributed by atoms with E-state index in [4.69, 9.17) is 0 Å². The van der Waals surface area contributed by atoms with Crippen LogP contribution >= 0.6 is 0 Å². The van der Waals surface area contributed by atoms with E-state index >= 15 is 0 Å². The van der Waals surface area contributed by atoms with Gasteiger partial charge in [0, 0.05) is 40.9 Å². The van der Waals surface area contributed by atoms with E-state index in [9.17, 15) is 15.0 Å². The SMILES string of the molecule is Cc1[nH]c(/C=C2\C(=O)Nc3ccccc32)c(C)c1C(O)NCC(O)Cn1ccnn1. The smallest absolute Gasteiger partial charge is 0.256 e. The number of rotatable bonds is 7.